The third-order valence-corrected chi connectivity index (χ3v) is 3.72. The maximum absolute atomic E-state index is 9.41. The second-order valence-electron chi connectivity index (χ2n) is 5.24. The smallest absolute Gasteiger partial charge is 0.147 e. The molecule has 3 rings (SSSR count). The molecule has 0 unspecified atom stereocenters. The first-order valence-electron chi connectivity index (χ1n) is 6.81. The molecule has 0 amide bonds. The molecule has 20 heavy (non-hydrogen) atoms. The molecule has 1 aliphatic heterocycles. The van der Waals surface area contributed by atoms with E-state index in [4.69, 9.17) is 0 Å². The highest BCUT2D eigenvalue weighted by Crippen LogP contribution is 2.25. The first kappa shape index (κ1) is 12.7. The second-order valence-corrected chi connectivity index (χ2v) is 5.24. The number of nitriles is 1. The third-order valence-electron chi connectivity index (χ3n) is 3.72. The number of nitrogens with zero attached hydrogens (tertiary/aromatic N) is 5. The predicted octanol–water partition coefficient (Wildman–Crippen LogP) is 2.18. The Morgan fingerprint density at radius 3 is 2.95 bits per heavy atom. The molecule has 0 aromatic carbocycles. The van der Waals surface area contributed by atoms with Gasteiger partial charge in [-0.25, -0.2) is 9.97 Å². The highest BCUT2D eigenvalue weighted by atomic mass is 15.2. The molecule has 5 heteroatoms. The summed E-state index contributed by atoms with van der Waals surface area (Å²) in [5.41, 5.74) is 3.80. The van der Waals surface area contributed by atoms with Gasteiger partial charge in [0.25, 0.3) is 0 Å². The van der Waals surface area contributed by atoms with Crippen molar-refractivity contribution in [2.45, 2.75) is 33.4 Å². The first-order valence-corrected chi connectivity index (χ1v) is 6.81. The summed E-state index contributed by atoms with van der Waals surface area (Å²) in [4.78, 5) is 11.0. The van der Waals surface area contributed by atoms with Gasteiger partial charge < -0.3 is 9.47 Å². The summed E-state index contributed by atoms with van der Waals surface area (Å²) in [6.07, 6.45) is 4.80. The molecule has 0 atom stereocenters. The fourth-order valence-electron chi connectivity index (χ4n) is 2.75. The van der Waals surface area contributed by atoms with Crippen LogP contribution in [0.3, 0.4) is 0 Å². The van der Waals surface area contributed by atoms with Crippen LogP contribution >= 0.6 is 0 Å². The van der Waals surface area contributed by atoms with E-state index in [9.17, 15) is 5.26 Å². The lowest BCUT2D eigenvalue weighted by Gasteiger charge is -2.23. The first-order chi connectivity index (χ1) is 9.69. The van der Waals surface area contributed by atoms with Crippen LogP contribution in [-0.4, -0.2) is 21.1 Å². The molecule has 2 aromatic heterocycles. The van der Waals surface area contributed by atoms with Gasteiger partial charge in [-0.05, 0) is 31.9 Å². The standard InChI is InChI=1S/C15H17N5/c1-11-6-12(2)18-15(14(11)7-16)19-4-3-5-20-10-17-8-13(20)9-19/h6,8,10H,3-5,9H2,1-2H3. The fourth-order valence-corrected chi connectivity index (χ4v) is 2.75. The van der Waals surface area contributed by atoms with E-state index in [0.29, 0.717) is 5.56 Å². The van der Waals surface area contributed by atoms with Crippen molar-refractivity contribution in [3.63, 3.8) is 0 Å². The van der Waals surface area contributed by atoms with E-state index in [2.05, 4.69) is 25.5 Å². The number of hydrogen-bond donors (Lipinski definition) is 0. The van der Waals surface area contributed by atoms with Gasteiger partial charge in [0.05, 0.1) is 24.1 Å². The zero-order valence-electron chi connectivity index (χ0n) is 11.8. The summed E-state index contributed by atoms with van der Waals surface area (Å²) in [6, 6.07) is 4.26. The molecule has 0 spiro atoms. The Balaban J connectivity index is 2.03. The van der Waals surface area contributed by atoms with E-state index in [0.717, 1.165) is 43.1 Å². The second kappa shape index (κ2) is 4.97. The molecule has 0 saturated carbocycles. The fraction of sp³-hybridized carbons (Fsp3) is 0.400. The van der Waals surface area contributed by atoms with Crippen LogP contribution in [0, 0.1) is 25.2 Å². The lowest BCUT2D eigenvalue weighted by Crippen LogP contribution is -2.25. The quantitative estimate of drug-likeness (QED) is 0.794. The molecule has 0 fully saturated rings. The van der Waals surface area contributed by atoms with Crippen molar-refractivity contribution in [2.24, 2.45) is 0 Å². The number of hydrogen-bond acceptors (Lipinski definition) is 4. The van der Waals surface area contributed by atoms with Gasteiger partial charge in [0.15, 0.2) is 0 Å². The van der Waals surface area contributed by atoms with E-state index in [-0.39, 0.29) is 0 Å². The van der Waals surface area contributed by atoms with Gasteiger partial charge in [0.2, 0.25) is 0 Å². The summed E-state index contributed by atoms with van der Waals surface area (Å²) in [6.45, 7) is 6.58. The maximum atomic E-state index is 9.41. The van der Waals surface area contributed by atoms with Crippen molar-refractivity contribution in [1.29, 1.82) is 5.26 Å². The average molecular weight is 267 g/mol. The Morgan fingerprint density at radius 2 is 2.15 bits per heavy atom. The minimum Gasteiger partial charge on any atom is -0.350 e. The molecular formula is C15H17N5. The van der Waals surface area contributed by atoms with Crippen molar-refractivity contribution in [3.05, 3.63) is 41.1 Å². The van der Waals surface area contributed by atoms with Gasteiger partial charge >= 0.3 is 0 Å². The normalized spacial score (nSPS) is 14.6. The van der Waals surface area contributed by atoms with Crippen molar-refractivity contribution in [1.82, 2.24) is 14.5 Å². The van der Waals surface area contributed by atoms with Gasteiger partial charge in [-0.15, -0.1) is 0 Å². The number of fused-ring (bicyclic) bond motifs is 1. The lowest BCUT2D eigenvalue weighted by molar-refractivity contribution is 0.659. The lowest BCUT2D eigenvalue weighted by atomic mass is 10.1. The SMILES string of the molecule is Cc1cc(C)c(C#N)c(N2CCCn3cncc3C2)n1. The van der Waals surface area contributed by atoms with Gasteiger partial charge in [0.1, 0.15) is 11.9 Å². The number of pyridine rings is 1. The van der Waals surface area contributed by atoms with E-state index in [1.807, 2.05) is 32.4 Å². The molecule has 0 N–H and O–H groups in total. The average Bonchev–Trinajstić information content (AvgIpc) is 2.75. The summed E-state index contributed by atoms with van der Waals surface area (Å²) < 4.78 is 2.18. The summed E-state index contributed by atoms with van der Waals surface area (Å²) in [5, 5.41) is 9.41. The Morgan fingerprint density at radius 1 is 1.30 bits per heavy atom. The van der Waals surface area contributed by atoms with Crippen molar-refractivity contribution in [2.75, 3.05) is 11.4 Å². The van der Waals surface area contributed by atoms with E-state index in [1.54, 1.807) is 0 Å². The largest absolute Gasteiger partial charge is 0.350 e. The monoisotopic (exact) mass is 267 g/mol. The highest BCUT2D eigenvalue weighted by molar-refractivity contribution is 5.58. The zero-order chi connectivity index (χ0) is 14.1. The molecule has 0 aliphatic carbocycles. The predicted molar refractivity (Wildman–Crippen MR) is 76.3 cm³/mol. The van der Waals surface area contributed by atoms with Crippen LogP contribution in [0.2, 0.25) is 0 Å². The van der Waals surface area contributed by atoms with Gasteiger partial charge in [-0.1, -0.05) is 0 Å². The van der Waals surface area contributed by atoms with Gasteiger partial charge in [-0.2, -0.15) is 5.26 Å². The molecule has 0 saturated heterocycles. The van der Waals surface area contributed by atoms with Crippen LogP contribution in [0.5, 0.6) is 0 Å². The Hall–Kier alpha value is -2.35. The van der Waals surface area contributed by atoms with Crippen molar-refractivity contribution in [3.8, 4) is 6.07 Å². The van der Waals surface area contributed by atoms with Crippen molar-refractivity contribution < 1.29 is 0 Å². The van der Waals surface area contributed by atoms with E-state index in [1.165, 1.54) is 5.69 Å². The number of imidazole rings is 1. The van der Waals surface area contributed by atoms with Crippen LogP contribution < -0.4 is 4.90 Å². The minimum absolute atomic E-state index is 0.684. The Labute approximate surface area is 118 Å². The molecule has 1 aliphatic rings. The topological polar surface area (TPSA) is 57.7 Å². The van der Waals surface area contributed by atoms with Gasteiger partial charge in [0, 0.05) is 25.0 Å². The molecule has 0 radical (unpaired) electrons. The number of aryl methyl sites for hydroxylation is 3. The third kappa shape index (κ3) is 2.14. The number of rotatable bonds is 1. The van der Waals surface area contributed by atoms with E-state index >= 15 is 0 Å². The van der Waals surface area contributed by atoms with Crippen LogP contribution in [0.15, 0.2) is 18.6 Å². The highest BCUT2D eigenvalue weighted by Gasteiger charge is 2.19. The van der Waals surface area contributed by atoms with Crippen molar-refractivity contribution >= 4 is 5.82 Å². The van der Waals surface area contributed by atoms with Crippen LogP contribution in [0.1, 0.15) is 28.9 Å². The molecule has 3 heterocycles. The van der Waals surface area contributed by atoms with Gasteiger partial charge in [-0.3, -0.25) is 0 Å². The molecule has 0 bridgehead atoms. The Bertz CT molecular complexity index is 680. The Kier molecular flexibility index (Phi) is 3.15. The number of aromatic nitrogens is 3. The number of anilines is 1. The van der Waals surface area contributed by atoms with Crippen LogP contribution in [-0.2, 0) is 13.1 Å². The van der Waals surface area contributed by atoms with E-state index < -0.39 is 0 Å². The summed E-state index contributed by atoms with van der Waals surface area (Å²) >= 11 is 0. The van der Waals surface area contributed by atoms with Crippen LogP contribution in [0.25, 0.3) is 0 Å². The minimum atomic E-state index is 0.684. The zero-order valence-corrected chi connectivity index (χ0v) is 11.8. The summed E-state index contributed by atoms with van der Waals surface area (Å²) in [7, 11) is 0. The van der Waals surface area contributed by atoms with Crippen LogP contribution in [0.4, 0.5) is 5.82 Å². The molecular weight excluding hydrogens is 250 g/mol. The maximum Gasteiger partial charge on any atom is 0.147 e. The molecule has 5 nitrogen and oxygen atoms in total. The summed E-state index contributed by atoms with van der Waals surface area (Å²) in [5.74, 6) is 0.805. The molecule has 102 valence electrons. The molecule has 2 aromatic rings.